The van der Waals surface area contributed by atoms with E-state index >= 15 is 0 Å². The smallest absolute Gasteiger partial charge is 0.264 e. The predicted octanol–water partition coefficient (Wildman–Crippen LogP) is 3.79. The van der Waals surface area contributed by atoms with E-state index in [1.165, 1.54) is 4.31 Å². The van der Waals surface area contributed by atoms with Crippen molar-refractivity contribution in [2.75, 3.05) is 22.8 Å². The Morgan fingerprint density at radius 3 is 2.30 bits per heavy atom. The zero-order valence-electron chi connectivity index (χ0n) is 15.0. The summed E-state index contributed by atoms with van der Waals surface area (Å²) >= 11 is 0. The van der Waals surface area contributed by atoms with Crippen LogP contribution < -0.4 is 9.21 Å². The number of rotatable bonds is 4. The number of benzene rings is 3. The summed E-state index contributed by atoms with van der Waals surface area (Å²) in [5.74, 6) is 0.0823. The molecule has 1 saturated heterocycles. The minimum Gasteiger partial charge on any atom is -0.312 e. The van der Waals surface area contributed by atoms with Gasteiger partial charge in [-0.3, -0.25) is 9.10 Å². The van der Waals surface area contributed by atoms with E-state index in [9.17, 15) is 13.2 Å². The maximum atomic E-state index is 13.0. The number of hydrogen-bond donors (Lipinski definition) is 0. The summed E-state index contributed by atoms with van der Waals surface area (Å²) in [6.07, 6.45) is 1.38. The van der Waals surface area contributed by atoms with E-state index < -0.39 is 10.0 Å². The maximum Gasteiger partial charge on any atom is 0.264 e. The molecule has 5 nitrogen and oxygen atoms in total. The molecule has 6 heteroatoms. The summed E-state index contributed by atoms with van der Waals surface area (Å²) in [4.78, 5) is 13.8. The first-order valence-electron chi connectivity index (χ1n) is 8.85. The molecule has 0 aromatic heterocycles. The van der Waals surface area contributed by atoms with Gasteiger partial charge in [-0.05, 0) is 53.6 Å². The van der Waals surface area contributed by atoms with E-state index in [2.05, 4.69) is 0 Å². The number of anilines is 2. The third-order valence-corrected chi connectivity index (χ3v) is 6.78. The Labute approximate surface area is 158 Å². The summed E-state index contributed by atoms with van der Waals surface area (Å²) in [5, 5.41) is 2.05. The number of fused-ring (bicyclic) bond motifs is 1. The van der Waals surface area contributed by atoms with Crippen LogP contribution in [0.3, 0.4) is 0 Å². The minimum atomic E-state index is -3.68. The number of hydrogen-bond acceptors (Lipinski definition) is 3. The van der Waals surface area contributed by atoms with Crippen LogP contribution >= 0.6 is 0 Å². The summed E-state index contributed by atoms with van der Waals surface area (Å²) < 4.78 is 27.3. The monoisotopic (exact) mass is 380 g/mol. The van der Waals surface area contributed by atoms with Gasteiger partial charge in [0.1, 0.15) is 0 Å². The molecule has 3 aromatic rings. The van der Waals surface area contributed by atoms with Crippen LogP contribution in [0.1, 0.15) is 12.8 Å². The Balaban J connectivity index is 1.64. The second-order valence-electron chi connectivity index (χ2n) is 6.65. The van der Waals surface area contributed by atoms with Gasteiger partial charge in [-0.15, -0.1) is 0 Å². The Morgan fingerprint density at radius 2 is 1.63 bits per heavy atom. The van der Waals surface area contributed by atoms with Crippen LogP contribution in [0.25, 0.3) is 10.8 Å². The second-order valence-corrected chi connectivity index (χ2v) is 8.62. The van der Waals surface area contributed by atoms with Gasteiger partial charge in [-0.25, -0.2) is 8.42 Å². The van der Waals surface area contributed by atoms with Gasteiger partial charge in [0.05, 0.1) is 10.6 Å². The number of carbonyl (C=O) groups excluding carboxylic acids is 1. The first-order chi connectivity index (χ1) is 13.0. The lowest BCUT2D eigenvalue weighted by Gasteiger charge is -2.21. The number of carbonyl (C=O) groups is 1. The van der Waals surface area contributed by atoms with Crippen LogP contribution in [-0.4, -0.2) is 27.9 Å². The maximum absolute atomic E-state index is 13.0. The fraction of sp³-hybridized carbons (Fsp3) is 0.190. The molecular weight excluding hydrogens is 360 g/mol. The predicted molar refractivity (Wildman–Crippen MR) is 108 cm³/mol. The Kier molecular flexibility index (Phi) is 4.36. The quantitative estimate of drug-likeness (QED) is 0.692. The molecule has 0 atom stereocenters. The molecule has 1 heterocycles. The van der Waals surface area contributed by atoms with E-state index in [4.69, 9.17) is 0 Å². The van der Waals surface area contributed by atoms with Crippen LogP contribution in [0.15, 0.2) is 71.6 Å². The normalized spacial score (nSPS) is 14.7. The molecule has 1 fully saturated rings. The Bertz CT molecular complexity index is 1110. The van der Waals surface area contributed by atoms with Gasteiger partial charge in [0.25, 0.3) is 10.0 Å². The van der Waals surface area contributed by atoms with E-state index in [1.807, 2.05) is 36.4 Å². The van der Waals surface area contributed by atoms with Crippen molar-refractivity contribution in [1.29, 1.82) is 0 Å². The third kappa shape index (κ3) is 3.17. The molecule has 4 rings (SSSR count). The molecule has 1 amide bonds. The van der Waals surface area contributed by atoms with Gasteiger partial charge in [0.15, 0.2) is 0 Å². The van der Waals surface area contributed by atoms with Crippen molar-refractivity contribution in [2.45, 2.75) is 17.7 Å². The molecule has 0 aliphatic carbocycles. The van der Waals surface area contributed by atoms with Crippen molar-refractivity contribution >= 4 is 38.1 Å². The molecule has 0 N–H and O–H groups in total. The van der Waals surface area contributed by atoms with Gasteiger partial charge in [-0.1, -0.05) is 30.3 Å². The summed E-state index contributed by atoms with van der Waals surface area (Å²) in [6, 6.07) is 19.9. The molecule has 138 valence electrons. The van der Waals surface area contributed by atoms with Crippen LogP contribution in [0.4, 0.5) is 11.4 Å². The van der Waals surface area contributed by atoms with Crippen LogP contribution in [0.5, 0.6) is 0 Å². The van der Waals surface area contributed by atoms with Gasteiger partial charge in [0, 0.05) is 25.7 Å². The highest BCUT2D eigenvalue weighted by Gasteiger charge is 2.24. The average Bonchev–Trinajstić information content (AvgIpc) is 3.13. The fourth-order valence-corrected chi connectivity index (χ4v) is 4.58. The number of nitrogens with zero attached hydrogens (tertiary/aromatic N) is 2. The van der Waals surface area contributed by atoms with Crippen molar-refractivity contribution in [3.8, 4) is 0 Å². The number of sulfonamides is 1. The van der Waals surface area contributed by atoms with Crippen molar-refractivity contribution in [3.63, 3.8) is 0 Å². The lowest BCUT2D eigenvalue weighted by atomic mass is 10.1. The largest absolute Gasteiger partial charge is 0.312 e. The van der Waals surface area contributed by atoms with E-state index in [-0.39, 0.29) is 10.8 Å². The standard InChI is InChI=1S/C21H20N2O3S/c1-22(19-9-8-16-5-2-3-6-17(16)15-19)27(25,26)20-12-10-18(11-13-20)23-14-4-7-21(23)24/h2-3,5-6,8-13,15H,4,7,14H2,1H3. The van der Waals surface area contributed by atoms with Crippen molar-refractivity contribution in [3.05, 3.63) is 66.7 Å². The summed E-state index contributed by atoms with van der Waals surface area (Å²) in [5.41, 5.74) is 1.34. The first-order valence-corrected chi connectivity index (χ1v) is 10.3. The van der Waals surface area contributed by atoms with E-state index in [0.717, 1.165) is 22.9 Å². The highest BCUT2D eigenvalue weighted by Crippen LogP contribution is 2.28. The van der Waals surface area contributed by atoms with Gasteiger partial charge in [-0.2, -0.15) is 0 Å². The van der Waals surface area contributed by atoms with Gasteiger partial charge in [0.2, 0.25) is 5.91 Å². The zero-order valence-corrected chi connectivity index (χ0v) is 15.8. The van der Waals surface area contributed by atoms with E-state index in [1.54, 1.807) is 42.3 Å². The lowest BCUT2D eigenvalue weighted by Crippen LogP contribution is -2.27. The molecule has 0 unspecified atom stereocenters. The van der Waals surface area contributed by atoms with Crippen molar-refractivity contribution in [1.82, 2.24) is 0 Å². The van der Waals surface area contributed by atoms with Crippen LogP contribution in [0, 0.1) is 0 Å². The lowest BCUT2D eigenvalue weighted by molar-refractivity contribution is -0.117. The van der Waals surface area contributed by atoms with Crippen LogP contribution in [-0.2, 0) is 14.8 Å². The third-order valence-electron chi connectivity index (χ3n) is 4.98. The fourth-order valence-electron chi connectivity index (χ4n) is 3.39. The van der Waals surface area contributed by atoms with Gasteiger partial charge >= 0.3 is 0 Å². The highest BCUT2D eigenvalue weighted by atomic mass is 32.2. The Hall–Kier alpha value is -2.86. The highest BCUT2D eigenvalue weighted by molar-refractivity contribution is 7.92. The van der Waals surface area contributed by atoms with Crippen LogP contribution in [0.2, 0.25) is 0 Å². The molecule has 0 saturated carbocycles. The zero-order chi connectivity index (χ0) is 19.0. The molecule has 27 heavy (non-hydrogen) atoms. The van der Waals surface area contributed by atoms with E-state index in [0.29, 0.717) is 18.7 Å². The minimum absolute atomic E-state index is 0.0823. The molecule has 3 aromatic carbocycles. The van der Waals surface area contributed by atoms with Crippen molar-refractivity contribution < 1.29 is 13.2 Å². The molecular formula is C21H20N2O3S. The number of amides is 1. The van der Waals surface area contributed by atoms with Crippen molar-refractivity contribution in [2.24, 2.45) is 0 Å². The SMILES string of the molecule is CN(c1ccc2ccccc2c1)S(=O)(=O)c1ccc(N2CCCC2=O)cc1. The Morgan fingerprint density at radius 1 is 0.926 bits per heavy atom. The summed E-state index contributed by atoms with van der Waals surface area (Å²) in [7, 11) is -2.13. The summed E-state index contributed by atoms with van der Waals surface area (Å²) in [6.45, 7) is 0.682. The topological polar surface area (TPSA) is 57.7 Å². The first kappa shape index (κ1) is 17.5. The molecule has 0 spiro atoms. The molecule has 1 aliphatic rings. The molecule has 0 bridgehead atoms. The molecule has 0 radical (unpaired) electrons. The molecule has 1 aliphatic heterocycles. The van der Waals surface area contributed by atoms with Gasteiger partial charge < -0.3 is 4.90 Å². The second kappa shape index (κ2) is 6.70. The average molecular weight is 380 g/mol.